The molecule has 0 unspecified atom stereocenters. The van der Waals surface area contributed by atoms with Gasteiger partial charge in [-0.15, -0.1) is 0 Å². The molecular formula is C13H15BrClNO2. The fourth-order valence-electron chi connectivity index (χ4n) is 1.99. The average molecular weight is 333 g/mol. The largest absolute Gasteiger partial charge is 0.378 e. The second-order valence-corrected chi connectivity index (χ2v) is 5.67. The van der Waals surface area contributed by atoms with Crippen LogP contribution in [0.3, 0.4) is 0 Å². The number of ether oxygens (including phenoxy) is 1. The number of carbonyl (C=O) groups excluding carboxylic acids is 1. The first-order valence-corrected chi connectivity index (χ1v) is 7.14. The van der Waals surface area contributed by atoms with Crippen molar-refractivity contribution >= 4 is 33.4 Å². The van der Waals surface area contributed by atoms with E-state index in [1.54, 1.807) is 12.1 Å². The summed E-state index contributed by atoms with van der Waals surface area (Å²) in [6.07, 6.45) is 2.05. The van der Waals surface area contributed by atoms with Gasteiger partial charge >= 0.3 is 0 Å². The summed E-state index contributed by atoms with van der Waals surface area (Å²) in [4.78, 5) is 12.0. The van der Waals surface area contributed by atoms with Gasteiger partial charge in [0.05, 0.1) is 16.7 Å². The van der Waals surface area contributed by atoms with E-state index in [0.717, 1.165) is 23.9 Å². The average Bonchev–Trinajstić information content (AvgIpc) is 2.29. The maximum atomic E-state index is 12.0. The van der Waals surface area contributed by atoms with Crippen LogP contribution in [-0.2, 0) is 4.74 Å². The lowest BCUT2D eigenvalue weighted by Crippen LogP contribution is -2.47. The molecule has 18 heavy (non-hydrogen) atoms. The molecule has 3 nitrogen and oxygen atoms in total. The fourth-order valence-corrected chi connectivity index (χ4v) is 2.55. The topological polar surface area (TPSA) is 38.3 Å². The molecule has 2 rings (SSSR count). The summed E-state index contributed by atoms with van der Waals surface area (Å²) in [6.45, 7) is 2.70. The van der Waals surface area contributed by atoms with Crippen molar-refractivity contribution in [1.29, 1.82) is 0 Å². The lowest BCUT2D eigenvalue weighted by atomic mass is 9.89. The van der Waals surface area contributed by atoms with Crippen molar-refractivity contribution in [1.82, 2.24) is 5.32 Å². The molecule has 1 aliphatic carbocycles. The molecule has 1 aromatic rings. The number of halogens is 2. The molecule has 1 amide bonds. The highest BCUT2D eigenvalue weighted by Crippen LogP contribution is 2.25. The molecule has 0 saturated heterocycles. The lowest BCUT2D eigenvalue weighted by molar-refractivity contribution is -0.00862. The minimum atomic E-state index is -0.124. The van der Waals surface area contributed by atoms with Gasteiger partial charge in [-0.3, -0.25) is 4.79 Å². The van der Waals surface area contributed by atoms with E-state index in [2.05, 4.69) is 21.2 Å². The molecule has 0 radical (unpaired) electrons. The maximum absolute atomic E-state index is 12.0. The van der Waals surface area contributed by atoms with E-state index < -0.39 is 0 Å². The molecule has 0 heterocycles. The van der Waals surface area contributed by atoms with Gasteiger partial charge in [0.2, 0.25) is 0 Å². The number of nitrogens with one attached hydrogen (secondary N) is 1. The van der Waals surface area contributed by atoms with Crippen LogP contribution in [0.15, 0.2) is 22.7 Å². The van der Waals surface area contributed by atoms with Crippen LogP contribution in [0, 0.1) is 0 Å². The van der Waals surface area contributed by atoms with Crippen molar-refractivity contribution < 1.29 is 9.53 Å². The van der Waals surface area contributed by atoms with Crippen LogP contribution in [0.25, 0.3) is 0 Å². The molecule has 1 fully saturated rings. The fraction of sp³-hybridized carbons (Fsp3) is 0.462. The first kappa shape index (κ1) is 13.8. The zero-order chi connectivity index (χ0) is 13.1. The normalized spacial score (nSPS) is 22.4. The summed E-state index contributed by atoms with van der Waals surface area (Å²) >= 11 is 9.34. The lowest BCUT2D eigenvalue weighted by Gasteiger charge is -2.35. The standard InChI is InChI=1S/C13H15BrClNO2/c1-2-18-10-6-9(7-10)16-13(17)11-5-8(14)3-4-12(11)15/h3-5,9-10H,2,6-7H2,1H3,(H,16,17). The van der Waals surface area contributed by atoms with Crippen LogP contribution < -0.4 is 5.32 Å². The number of amides is 1. The first-order chi connectivity index (χ1) is 8.60. The van der Waals surface area contributed by atoms with E-state index in [1.165, 1.54) is 0 Å². The number of carbonyl (C=O) groups is 1. The summed E-state index contributed by atoms with van der Waals surface area (Å²) in [6, 6.07) is 5.46. The Morgan fingerprint density at radius 2 is 2.28 bits per heavy atom. The highest BCUT2D eigenvalue weighted by atomic mass is 79.9. The number of rotatable bonds is 4. The molecule has 0 aromatic heterocycles. The Morgan fingerprint density at radius 3 is 2.94 bits per heavy atom. The molecule has 1 N–H and O–H groups in total. The number of hydrogen-bond acceptors (Lipinski definition) is 2. The molecule has 0 atom stereocenters. The molecule has 0 aliphatic heterocycles. The smallest absolute Gasteiger partial charge is 0.253 e. The van der Waals surface area contributed by atoms with Crippen LogP contribution in [0.2, 0.25) is 5.02 Å². The van der Waals surface area contributed by atoms with Crippen LogP contribution in [-0.4, -0.2) is 24.7 Å². The van der Waals surface area contributed by atoms with Crippen molar-refractivity contribution in [2.24, 2.45) is 0 Å². The minimum Gasteiger partial charge on any atom is -0.378 e. The predicted molar refractivity (Wildman–Crippen MR) is 75.1 cm³/mol. The summed E-state index contributed by atoms with van der Waals surface area (Å²) in [5.74, 6) is -0.124. The van der Waals surface area contributed by atoms with E-state index in [4.69, 9.17) is 16.3 Å². The van der Waals surface area contributed by atoms with Gasteiger partial charge in [0.25, 0.3) is 5.91 Å². The first-order valence-electron chi connectivity index (χ1n) is 5.97. The van der Waals surface area contributed by atoms with Gasteiger partial charge in [0.15, 0.2) is 0 Å². The van der Waals surface area contributed by atoms with Crippen LogP contribution in [0.1, 0.15) is 30.1 Å². The van der Waals surface area contributed by atoms with E-state index >= 15 is 0 Å². The monoisotopic (exact) mass is 331 g/mol. The van der Waals surface area contributed by atoms with Crippen LogP contribution in [0.4, 0.5) is 0 Å². The maximum Gasteiger partial charge on any atom is 0.253 e. The highest BCUT2D eigenvalue weighted by molar-refractivity contribution is 9.10. The molecule has 1 aliphatic rings. The molecule has 5 heteroatoms. The Hall–Kier alpha value is -0.580. The summed E-state index contributed by atoms with van der Waals surface area (Å²) in [5.41, 5.74) is 0.505. The third-order valence-electron chi connectivity index (χ3n) is 3.01. The van der Waals surface area contributed by atoms with Gasteiger partial charge < -0.3 is 10.1 Å². The zero-order valence-electron chi connectivity index (χ0n) is 10.1. The molecule has 1 saturated carbocycles. The van der Waals surface area contributed by atoms with Gasteiger partial charge in [-0.1, -0.05) is 27.5 Å². The quantitative estimate of drug-likeness (QED) is 0.917. The van der Waals surface area contributed by atoms with E-state index in [1.807, 2.05) is 13.0 Å². The van der Waals surface area contributed by atoms with Gasteiger partial charge in [-0.2, -0.15) is 0 Å². The van der Waals surface area contributed by atoms with Gasteiger partial charge in [-0.05, 0) is 38.0 Å². The molecule has 1 aromatic carbocycles. The Morgan fingerprint density at radius 1 is 1.56 bits per heavy atom. The SMILES string of the molecule is CCOC1CC(NC(=O)c2cc(Br)ccc2Cl)C1. The third kappa shape index (κ3) is 3.25. The van der Waals surface area contributed by atoms with Gasteiger partial charge in [0, 0.05) is 17.1 Å². The predicted octanol–water partition coefficient (Wildman–Crippen LogP) is 3.40. The second-order valence-electron chi connectivity index (χ2n) is 4.34. The molecule has 98 valence electrons. The van der Waals surface area contributed by atoms with Crippen molar-refractivity contribution in [3.05, 3.63) is 33.3 Å². The van der Waals surface area contributed by atoms with E-state index in [-0.39, 0.29) is 11.9 Å². The van der Waals surface area contributed by atoms with Crippen molar-refractivity contribution in [2.45, 2.75) is 31.9 Å². The molecular weight excluding hydrogens is 318 g/mol. The summed E-state index contributed by atoms with van der Waals surface area (Å²) in [5, 5.41) is 3.43. The van der Waals surface area contributed by atoms with E-state index in [9.17, 15) is 4.79 Å². The third-order valence-corrected chi connectivity index (χ3v) is 3.83. The number of hydrogen-bond donors (Lipinski definition) is 1. The Bertz CT molecular complexity index is 447. The van der Waals surface area contributed by atoms with Crippen molar-refractivity contribution in [3.8, 4) is 0 Å². The van der Waals surface area contributed by atoms with E-state index in [0.29, 0.717) is 16.7 Å². The van der Waals surface area contributed by atoms with Gasteiger partial charge in [-0.25, -0.2) is 0 Å². The number of benzene rings is 1. The molecule has 0 bridgehead atoms. The summed E-state index contributed by atoms with van der Waals surface area (Å²) < 4.78 is 6.30. The second kappa shape index (κ2) is 6.04. The zero-order valence-corrected chi connectivity index (χ0v) is 12.4. The van der Waals surface area contributed by atoms with Crippen molar-refractivity contribution in [3.63, 3.8) is 0 Å². The Kier molecular flexibility index (Phi) is 4.65. The minimum absolute atomic E-state index is 0.124. The summed E-state index contributed by atoms with van der Waals surface area (Å²) in [7, 11) is 0. The molecule has 0 spiro atoms. The Balaban J connectivity index is 1.91. The van der Waals surface area contributed by atoms with Crippen LogP contribution >= 0.6 is 27.5 Å². The Labute approximate surface area is 120 Å². The van der Waals surface area contributed by atoms with Crippen molar-refractivity contribution in [2.75, 3.05) is 6.61 Å². The highest BCUT2D eigenvalue weighted by Gasteiger charge is 2.31. The van der Waals surface area contributed by atoms with Crippen LogP contribution in [0.5, 0.6) is 0 Å². The van der Waals surface area contributed by atoms with Gasteiger partial charge in [0.1, 0.15) is 0 Å².